The van der Waals surface area contributed by atoms with Gasteiger partial charge in [-0.2, -0.15) is 0 Å². The molecule has 0 heterocycles. The number of carboxylic acid groups (broad SMARTS) is 1. The van der Waals surface area contributed by atoms with E-state index in [9.17, 15) is 14.0 Å². The van der Waals surface area contributed by atoms with Crippen LogP contribution in [0.5, 0.6) is 0 Å². The number of amides is 1. The molecule has 0 aliphatic heterocycles. The van der Waals surface area contributed by atoms with Crippen LogP contribution in [0.3, 0.4) is 0 Å². The van der Waals surface area contributed by atoms with Gasteiger partial charge in [-0.3, -0.25) is 9.59 Å². The first-order chi connectivity index (χ1) is 7.91. The molecule has 0 fully saturated rings. The second-order valence-electron chi connectivity index (χ2n) is 3.67. The van der Waals surface area contributed by atoms with Crippen molar-refractivity contribution in [3.63, 3.8) is 0 Å². The zero-order chi connectivity index (χ0) is 13.0. The van der Waals surface area contributed by atoms with Crippen LogP contribution >= 0.6 is 0 Å². The Morgan fingerprint density at radius 1 is 1.53 bits per heavy atom. The summed E-state index contributed by atoms with van der Waals surface area (Å²) in [5.41, 5.74) is 5.17. The summed E-state index contributed by atoms with van der Waals surface area (Å²) in [6.45, 7) is 1.54. The first-order valence-corrected chi connectivity index (χ1v) is 4.98. The van der Waals surface area contributed by atoms with E-state index in [1.54, 1.807) is 6.92 Å². The Hall–Kier alpha value is -2.11. The van der Waals surface area contributed by atoms with Crippen LogP contribution < -0.4 is 11.1 Å². The smallest absolute Gasteiger partial charge is 0.305 e. The molecule has 0 radical (unpaired) electrons. The summed E-state index contributed by atoms with van der Waals surface area (Å²) in [5.74, 6) is -2.29. The van der Waals surface area contributed by atoms with Gasteiger partial charge in [0.2, 0.25) is 0 Å². The van der Waals surface area contributed by atoms with Crippen LogP contribution in [0.2, 0.25) is 0 Å². The van der Waals surface area contributed by atoms with E-state index < -0.39 is 23.7 Å². The average Bonchev–Trinajstić information content (AvgIpc) is 2.20. The molecule has 1 unspecified atom stereocenters. The van der Waals surface area contributed by atoms with Crippen LogP contribution in [0.15, 0.2) is 18.2 Å². The number of nitrogens with two attached hydrogens (primary N) is 1. The number of anilines is 1. The van der Waals surface area contributed by atoms with Crippen LogP contribution in [-0.2, 0) is 4.79 Å². The Labute approximate surface area is 97.4 Å². The van der Waals surface area contributed by atoms with Gasteiger partial charge >= 0.3 is 5.97 Å². The zero-order valence-electron chi connectivity index (χ0n) is 9.24. The number of benzene rings is 1. The van der Waals surface area contributed by atoms with Crippen LogP contribution in [0.1, 0.15) is 23.7 Å². The fraction of sp³-hybridized carbons (Fsp3) is 0.273. The minimum atomic E-state index is -1.02. The Morgan fingerprint density at radius 3 is 2.76 bits per heavy atom. The molecule has 92 valence electrons. The first kappa shape index (κ1) is 13.0. The highest BCUT2D eigenvalue weighted by Crippen LogP contribution is 2.15. The molecule has 0 bridgehead atoms. The number of nitrogen functional groups attached to an aromatic ring is 1. The molecule has 17 heavy (non-hydrogen) atoms. The summed E-state index contributed by atoms with van der Waals surface area (Å²) in [6, 6.07) is 3.33. The van der Waals surface area contributed by atoms with Gasteiger partial charge in [0.15, 0.2) is 0 Å². The maximum atomic E-state index is 13.1. The predicted octanol–water partition coefficient (Wildman–Crippen LogP) is 1.00. The van der Waals surface area contributed by atoms with E-state index in [2.05, 4.69) is 5.32 Å². The highest BCUT2D eigenvalue weighted by molar-refractivity contribution is 5.99. The molecule has 0 aliphatic carbocycles. The van der Waals surface area contributed by atoms with Gasteiger partial charge in [-0.1, -0.05) is 6.07 Å². The highest BCUT2D eigenvalue weighted by Gasteiger charge is 2.16. The van der Waals surface area contributed by atoms with Gasteiger partial charge in [-0.15, -0.1) is 0 Å². The van der Waals surface area contributed by atoms with Gasteiger partial charge in [0.05, 0.1) is 17.7 Å². The van der Waals surface area contributed by atoms with E-state index >= 15 is 0 Å². The molecule has 0 aromatic heterocycles. The lowest BCUT2D eigenvalue weighted by Gasteiger charge is -2.12. The number of rotatable bonds is 4. The Morgan fingerprint density at radius 2 is 2.18 bits per heavy atom. The fourth-order valence-corrected chi connectivity index (χ4v) is 1.35. The van der Waals surface area contributed by atoms with Crippen LogP contribution in [0.4, 0.5) is 10.1 Å². The van der Waals surface area contributed by atoms with E-state index in [4.69, 9.17) is 10.8 Å². The van der Waals surface area contributed by atoms with Gasteiger partial charge in [0, 0.05) is 6.04 Å². The normalized spacial score (nSPS) is 11.9. The third-order valence-electron chi connectivity index (χ3n) is 2.16. The third-order valence-corrected chi connectivity index (χ3v) is 2.16. The quantitative estimate of drug-likeness (QED) is 0.684. The summed E-state index contributed by atoms with van der Waals surface area (Å²) in [7, 11) is 0. The Bertz CT molecular complexity index is 448. The van der Waals surface area contributed by atoms with Crippen molar-refractivity contribution < 1.29 is 19.1 Å². The minimum absolute atomic E-state index is 0.00207. The Kier molecular flexibility index (Phi) is 4.03. The van der Waals surface area contributed by atoms with E-state index in [-0.39, 0.29) is 17.7 Å². The summed E-state index contributed by atoms with van der Waals surface area (Å²) in [6.07, 6.45) is -0.207. The van der Waals surface area contributed by atoms with Gasteiger partial charge in [-0.25, -0.2) is 4.39 Å². The summed E-state index contributed by atoms with van der Waals surface area (Å²) in [4.78, 5) is 22.1. The second-order valence-corrected chi connectivity index (χ2v) is 3.67. The maximum Gasteiger partial charge on any atom is 0.305 e. The molecular formula is C11H13FN2O3. The number of hydrogen-bond acceptors (Lipinski definition) is 3. The average molecular weight is 240 g/mol. The second kappa shape index (κ2) is 5.29. The highest BCUT2D eigenvalue weighted by atomic mass is 19.1. The first-order valence-electron chi connectivity index (χ1n) is 4.98. The van der Waals surface area contributed by atoms with Crippen molar-refractivity contribution in [3.05, 3.63) is 29.6 Å². The third kappa shape index (κ3) is 3.44. The standard InChI is InChI=1S/C11H13FN2O3/c1-6(5-9(15)16)14-11(17)7-3-2-4-8(12)10(7)13/h2-4,6H,5,13H2,1H3,(H,14,17)(H,15,16). The van der Waals surface area contributed by atoms with Crippen molar-refractivity contribution in [2.24, 2.45) is 0 Å². The maximum absolute atomic E-state index is 13.1. The van der Waals surface area contributed by atoms with Crippen LogP contribution in [0.25, 0.3) is 0 Å². The monoisotopic (exact) mass is 240 g/mol. The lowest BCUT2D eigenvalue weighted by Crippen LogP contribution is -2.34. The molecule has 0 saturated carbocycles. The molecule has 0 spiro atoms. The number of halogens is 1. The molecule has 5 nitrogen and oxygen atoms in total. The number of carboxylic acids is 1. The van der Waals surface area contributed by atoms with Crippen molar-refractivity contribution >= 4 is 17.6 Å². The van der Waals surface area contributed by atoms with Crippen molar-refractivity contribution in [2.45, 2.75) is 19.4 Å². The SMILES string of the molecule is CC(CC(=O)O)NC(=O)c1cccc(F)c1N. The fourth-order valence-electron chi connectivity index (χ4n) is 1.35. The molecular weight excluding hydrogens is 227 g/mol. The van der Waals surface area contributed by atoms with Crippen molar-refractivity contribution in [1.29, 1.82) is 0 Å². The van der Waals surface area contributed by atoms with E-state index in [1.165, 1.54) is 12.1 Å². The molecule has 1 aromatic carbocycles. The largest absolute Gasteiger partial charge is 0.481 e. The van der Waals surface area contributed by atoms with Crippen molar-refractivity contribution in [1.82, 2.24) is 5.32 Å². The van der Waals surface area contributed by atoms with Crippen LogP contribution in [0, 0.1) is 5.82 Å². The number of para-hydroxylation sites is 1. The topological polar surface area (TPSA) is 92.4 Å². The molecule has 0 aliphatic rings. The lowest BCUT2D eigenvalue weighted by atomic mass is 10.1. The predicted molar refractivity (Wildman–Crippen MR) is 60.0 cm³/mol. The number of aliphatic carboxylic acids is 1. The van der Waals surface area contributed by atoms with Crippen molar-refractivity contribution in [2.75, 3.05) is 5.73 Å². The molecule has 1 amide bonds. The zero-order valence-corrected chi connectivity index (χ0v) is 9.24. The number of carbonyl (C=O) groups excluding carboxylic acids is 1. The molecule has 0 saturated heterocycles. The van der Waals surface area contributed by atoms with Gasteiger partial charge < -0.3 is 16.2 Å². The molecule has 1 rings (SSSR count). The van der Waals surface area contributed by atoms with E-state index in [0.717, 1.165) is 6.07 Å². The molecule has 1 atom stereocenters. The summed E-state index contributed by atoms with van der Waals surface area (Å²) < 4.78 is 13.1. The van der Waals surface area contributed by atoms with Crippen LogP contribution in [-0.4, -0.2) is 23.0 Å². The number of carbonyl (C=O) groups is 2. The summed E-state index contributed by atoms with van der Waals surface area (Å²) in [5, 5.41) is 11.0. The van der Waals surface area contributed by atoms with Gasteiger partial charge in [0.1, 0.15) is 5.82 Å². The van der Waals surface area contributed by atoms with E-state index in [1.807, 2.05) is 0 Å². The van der Waals surface area contributed by atoms with Gasteiger partial charge in [-0.05, 0) is 19.1 Å². The summed E-state index contributed by atoms with van der Waals surface area (Å²) >= 11 is 0. The number of nitrogens with one attached hydrogen (secondary N) is 1. The molecule has 6 heteroatoms. The minimum Gasteiger partial charge on any atom is -0.481 e. The van der Waals surface area contributed by atoms with E-state index in [0.29, 0.717) is 0 Å². The molecule has 1 aromatic rings. The number of hydrogen-bond donors (Lipinski definition) is 3. The van der Waals surface area contributed by atoms with Crippen molar-refractivity contribution in [3.8, 4) is 0 Å². The lowest BCUT2D eigenvalue weighted by molar-refractivity contribution is -0.137. The molecule has 4 N–H and O–H groups in total. The Balaban J connectivity index is 2.77. The van der Waals surface area contributed by atoms with Gasteiger partial charge in [0.25, 0.3) is 5.91 Å².